The molecular weight excluding hydrogens is 310 g/mol. The molecule has 1 aliphatic heterocycles. The average Bonchev–Trinajstić information content (AvgIpc) is 2.54. The van der Waals surface area contributed by atoms with Gasteiger partial charge in [0.25, 0.3) is 5.91 Å². The predicted octanol–water partition coefficient (Wildman–Crippen LogP) is 1.07. The highest BCUT2D eigenvalue weighted by Crippen LogP contribution is 2.25. The Labute approximate surface area is 129 Å². The lowest BCUT2D eigenvalue weighted by molar-refractivity contribution is 0.0750. The van der Waals surface area contributed by atoms with E-state index in [1.165, 1.54) is 4.90 Å². The van der Waals surface area contributed by atoms with Gasteiger partial charge in [-0.2, -0.15) is 11.8 Å². The summed E-state index contributed by atoms with van der Waals surface area (Å²) in [7, 11) is -1.61. The molecule has 0 aliphatic carbocycles. The molecule has 0 saturated carbocycles. The molecule has 1 aromatic heterocycles. The SMILES string of the molecule is CCS(=O)(=O)C1CSCCN1C(=O)c1cccnc1NC. The maximum Gasteiger partial charge on any atom is 0.258 e. The van der Waals surface area contributed by atoms with E-state index < -0.39 is 15.2 Å². The van der Waals surface area contributed by atoms with E-state index in [2.05, 4.69) is 10.3 Å². The van der Waals surface area contributed by atoms with E-state index in [9.17, 15) is 13.2 Å². The first-order valence-electron chi connectivity index (χ1n) is 6.74. The van der Waals surface area contributed by atoms with Gasteiger partial charge in [0.1, 0.15) is 11.2 Å². The number of hydrogen-bond donors (Lipinski definition) is 1. The standard InChI is InChI=1S/C13H19N3O3S2/c1-3-21(18,19)11-9-20-8-7-16(11)13(17)10-5-4-6-15-12(10)14-2/h4-6,11H,3,7-9H2,1-2H3,(H,14,15). The Bertz CT molecular complexity index is 619. The zero-order chi connectivity index (χ0) is 15.5. The Hall–Kier alpha value is -1.28. The largest absolute Gasteiger partial charge is 0.372 e. The van der Waals surface area contributed by atoms with E-state index >= 15 is 0 Å². The van der Waals surface area contributed by atoms with Gasteiger partial charge in [0, 0.05) is 37.0 Å². The van der Waals surface area contributed by atoms with Gasteiger partial charge in [-0.15, -0.1) is 0 Å². The number of sulfone groups is 1. The third-order valence-corrected chi connectivity index (χ3v) is 6.73. The second-order valence-electron chi connectivity index (χ2n) is 4.63. The Morgan fingerprint density at radius 3 is 3.00 bits per heavy atom. The molecule has 0 spiro atoms. The van der Waals surface area contributed by atoms with Crippen LogP contribution in [0, 0.1) is 0 Å². The number of nitrogens with zero attached hydrogens (tertiary/aromatic N) is 2. The molecule has 1 amide bonds. The van der Waals surface area contributed by atoms with E-state index in [1.807, 2.05) is 0 Å². The highest BCUT2D eigenvalue weighted by atomic mass is 32.2. The molecule has 1 unspecified atom stereocenters. The Kier molecular flexibility index (Phi) is 5.10. The van der Waals surface area contributed by atoms with Gasteiger partial charge in [0.05, 0.1) is 5.56 Å². The summed E-state index contributed by atoms with van der Waals surface area (Å²) < 4.78 is 24.4. The molecule has 2 heterocycles. The summed E-state index contributed by atoms with van der Waals surface area (Å²) in [5.74, 6) is 1.39. The number of carbonyl (C=O) groups is 1. The van der Waals surface area contributed by atoms with E-state index in [0.29, 0.717) is 23.7 Å². The number of anilines is 1. The fourth-order valence-electron chi connectivity index (χ4n) is 2.24. The number of thioether (sulfide) groups is 1. The fourth-order valence-corrected chi connectivity index (χ4v) is 5.20. The maximum atomic E-state index is 12.7. The van der Waals surface area contributed by atoms with E-state index in [-0.39, 0.29) is 11.7 Å². The number of aromatic nitrogens is 1. The number of rotatable bonds is 4. The van der Waals surface area contributed by atoms with Crippen LogP contribution in [0.2, 0.25) is 0 Å². The lowest BCUT2D eigenvalue weighted by Gasteiger charge is -2.34. The van der Waals surface area contributed by atoms with Gasteiger partial charge in [0.2, 0.25) is 0 Å². The van der Waals surface area contributed by atoms with Crippen LogP contribution in [0.1, 0.15) is 17.3 Å². The van der Waals surface area contributed by atoms with Gasteiger partial charge in [0.15, 0.2) is 9.84 Å². The summed E-state index contributed by atoms with van der Waals surface area (Å²) >= 11 is 1.57. The van der Waals surface area contributed by atoms with E-state index in [0.717, 1.165) is 5.75 Å². The monoisotopic (exact) mass is 329 g/mol. The number of carbonyl (C=O) groups excluding carboxylic acids is 1. The van der Waals surface area contributed by atoms with Crippen LogP contribution in [-0.4, -0.2) is 60.4 Å². The lowest BCUT2D eigenvalue weighted by Crippen LogP contribution is -2.50. The molecule has 1 aromatic rings. The van der Waals surface area contributed by atoms with Gasteiger partial charge >= 0.3 is 0 Å². The predicted molar refractivity (Wildman–Crippen MR) is 85.4 cm³/mol. The molecule has 0 bridgehead atoms. The van der Waals surface area contributed by atoms with Gasteiger partial charge in [-0.05, 0) is 12.1 Å². The van der Waals surface area contributed by atoms with Crippen LogP contribution in [0.15, 0.2) is 18.3 Å². The third kappa shape index (κ3) is 3.32. The maximum absolute atomic E-state index is 12.7. The molecule has 1 N–H and O–H groups in total. The zero-order valence-corrected chi connectivity index (χ0v) is 13.7. The Balaban J connectivity index is 2.35. The van der Waals surface area contributed by atoms with Gasteiger partial charge in [-0.1, -0.05) is 6.92 Å². The van der Waals surface area contributed by atoms with E-state index in [4.69, 9.17) is 0 Å². The number of hydrogen-bond acceptors (Lipinski definition) is 6. The van der Waals surface area contributed by atoms with Crippen LogP contribution in [0.25, 0.3) is 0 Å². The number of nitrogens with one attached hydrogen (secondary N) is 1. The van der Waals surface area contributed by atoms with Crippen molar-refractivity contribution < 1.29 is 13.2 Å². The molecule has 6 nitrogen and oxygen atoms in total. The molecular formula is C13H19N3O3S2. The molecule has 1 saturated heterocycles. The smallest absolute Gasteiger partial charge is 0.258 e. The first kappa shape index (κ1) is 16.1. The van der Waals surface area contributed by atoms with Crippen molar-refractivity contribution in [2.75, 3.05) is 36.2 Å². The average molecular weight is 329 g/mol. The lowest BCUT2D eigenvalue weighted by atomic mass is 10.2. The number of amides is 1. The molecule has 1 aliphatic rings. The molecule has 116 valence electrons. The normalized spacial score (nSPS) is 19.3. The molecule has 0 radical (unpaired) electrons. The summed E-state index contributed by atoms with van der Waals surface area (Å²) in [5, 5.41) is 2.12. The molecule has 2 rings (SSSR count). The van der Waals surface area contributed by atoms with Crippen molar-refractivity contribution in [3.8, 4) is 0 Å². The molecule has 1 atom stereocenters. The van der Waals surface area contributed by atoms with Gasteiger partial charge in [-0.3, -0.25) is 4.79 Å². The first-order chi connectivity index (χ1) is 10.0. The van der Waals surface area contributed by atoms with Gasteiger partial charge in [-0.25, -0.2) is 13.4 Å². The topological polar surface area (TPSA) is 79.4 Å². The van der Waals surface area contributed by atoms with Crippen molar-refractivity contribution in [2.24, 2.45) is 0 Å². The van der Waals surface area contributed by atoms with Crippen LogP contribution in [-0.2, 0) is 9.84 Å². The van der Waals surface area contributed by atoms with Crippen molar-refractivity contribution >= 4 is 33.3 Å². The molecule has 21 heavy (non-hydrogen) atoms. The second kappa shape index (κ2) is 6.65. The minimum Gasteiger partial charge on any atom is -0.372 e. The van der Waals surface area contributed by atoms with Crippen LogP contribution in [0.3, 0.4) is 0 Å². The van der Waals surface area contributed by atoms with Crippen LogP contribution in [0.4, 0.5) is 5.82 Å². The summed E-state index contributed by atoms with van der Waals surface area (Å²) in [6, 6.07) is 3.34. The van der Waals surface area contributed by atoms with Crippen LogP contribution < -0.4 is 5.32 Å². The fraction of sp³-hybridized carbons (Fsp3) is 0.538. The van der Waals surface area contributed by atoms with Crippen molar-refractivity contribution in [1.82, 2.24) is 9.88 Å². The highest BCUT2D eigenvalue weighted by Gasteiger charge is 2.36. The third-order valence-electron chi connectivity index (χ3n) is 3.44. The zero-order valence-electron chi connectivity index (χ0n) is 12.1. The highest BCUT2D eigenvalue weighted by molar-refractivity contribution is 8.01. The molecule has 8 heteroatoms. The second-order valence-corrected chi connectivity index (χ2v) is 8.23. The van der Waals surface area contributed by atoms with E-state index in [1.54, 1.807) is 44.1 Å². The van der Waals surface area contributed by atoms with Crippen molar-refractivity contribution in [2.45, 2.75) is 12.3 Å². The molecule has 0 aromatic carbocycles. The van der Waals surface area contributed by atoms with Crippen molar-refractivity contribution in [1.29, 1.82) is 0 Å². The first-order valence-corrected chi connectivity index (χ1v) is 9.61. The van der Waals surface area contributed by atoms with Crippen LogP contribution in [0.5, 0.6) is 0 Å². The van der Waals surface area contributed by atoms with Gasteiger partial charge < -0.3 is 10.2 Å². The minimum atomic E-state index is -3.30. The quantitative estimate of drug-likeness (QED) is 0.890. The van der Waals surface area contributed by atoms with Crippen molar-refractivity contribution in [3.63, 3.8) is 0 Å². The summed E-state index contributed by atoms with van der Waals surface area (Å²) in [6.45, 7) is 2.05. The minimum absolute atomic E-state index is 0.0356. The van der Waals surface area contributed by atoms with Crippen molar-refractivity contribution in [3.05, 3.63) is 23.9 Å². The summed E-state index contributed by atoms with van der Waals surface area (Å²) in [4.78, 5) is 18.3. The Morgan fingerprint density at radius 2 is 2.33 bits per heavy atom. The van der Waals surface area contributed by atoms with Crippen LogP contribution >= 0.6 is 11.8 Å². The summed E-state index contributed by atoms with van der Waals surface area (Å²) in [6.07, 6.45) is 1.59. The number of pyridine rings is 1. The summed E-state index contributed by atoms with van der Waals surface area (Å²) in [5.41, 5.74) is 0.406. The molecule has 1 fully saturated rings. The Morgan fingerprint density at radius 1 is 1.57 bits per heavy atom.